The summed E-state index contributed by atoms with van der Waals surface area (Å²) in [6, 6.07) is 16.6. The Hall–Kier alpha value is -4.15. The fourth-order valence-electron chi connectivity index (χ4n) is 7.26. The lowest BCUT2D eigenvalue weighted by atomic mass is 9.65. The Kier molecular flexibility index (Phi) is 6.89. The number of hydrogen-bond acceptors (Lipinski definition) is 7. The summed E-state index contributed by atoms with van der Waals surface area (Å²) in [6.45, 7) is 6.22. The molecule has 2 bridgehead atoms. The van der Waals surface area contributed by atoms with Gasteiger partial charge in [-0.3, -0.25) is 14.4 Å². The lowest BCUT2D eigenvalue weighted by Gasteiger charge is -2.39. The fraction of sp³-hybridized carbons (Fsp3) is 0.333. The zero-order valence-corrected chi connectivity index (χ0v) is 25.0. The molecule has 9 nitrogen and oxygen atoms in total. The van der Waals surface area contributed by atoms with Crippen molar-refractivity contribution in [2.24, 2.45) is 10.8 Å². The number of sulfonamides is 1. The number of benzene rings is 3. The largest absolute Gasteiger partial charge is 0.452 e. The second kappa shape index (κ2) is 10.2. The predicted octanol–water partition coefficient (Wildman–Crippen LogP) is 4.85. The highest BCUT2D eigenvalue weighted by molar-refractivity contribution is 7.89. The molecule has 2 aliphatic carbocycles. The second-order valence-corrected chi connectivity index (χ2v) is 14.7. The van der Waals surface area contributed by atoms with Crippen LogP contribution in [0.3, 0.4) is 0 Å². The monoisotopic (exact) mass is 600 g/mol. The quantitative estimate of drug-likeness (QED) is 0.314. The van der Waals surface area contributed by atoms with Crippen molar-refractivity contribution in [1.29, 1.82) is 0 Å². The number of carbonyl (C=O) groups is 4. The van der Waals surface area contributed by atoms with E-state index in [0.717, 1.165) is 19.3 Å². The molecule has 222 valence electrons. The summed E-state index contributed by atoms with van der Waals surface area (Å²) >= 11 is 0. The Morgan fingerprint density at radius 1 is 0.907 bits per heavy atom. The minimum Gasteiger partial charge on any atom is -0.452 e. The van der Waals surface area contributed by atoms with Gasteiger partial charge in [0.05, 0.1) is 21.7 Å². The van der Waals surface area contributed by atoms with Gasteiger partial charge in [0.25, 0.3) is 5.91 Å². The van der Waals surface area contributed by atoms with Crippen molar-refractivity contribution in [2.45, 2.75) is 51.0 Å². The van der Waals surface area contributed by atoms with Gasteiger partial charge in [0.1, 0.15) is 0 Å². The number of ether oxygens (including phenoxy) is 1. The van der Waals surface area contributed by atoms with Crippen LogP contribution in [0, 0.1) is 10.8 Å². The minimum atomic E-state index is -3.86. The molecule has 3 aromatic rings. The van der Waals surface area contributed by atoms with Crippen LogP contribution in [0.5, 0.6) is 0 Å². The molecule has 1 heterocycles. The summed E-state index contributed by atoms with van der Waals surface area (Å²) in [5.41, 5.74) is 0.877. The molecule has 2 fully saturated rings. The smallest absolute Gasteiger partial charge is 0.338 e. The van der Waals surface area contributed by atoms with Gasteiger partial charge in [-0.1, -0.05) is 63.2 Å². The number of hydrogen-bond donors (Lipinski definition) is 1. The SMILES string of the molecule is CC1(C)C[C@H]2C[C@@](C)(CN2S(=O)(=O)c2cccc(C(=O)OCC(=O)Nc3cccc4c3C(=O)c3ccccc3C4=O)c2)C1. The van der Waals surface area contributed by atoms with Crippen molar-refractivity contribution in [2.75, 3.05) is 18.5 Å². The number of fused-ring (bicyclic) bond motifs is 4. The Morgan fingerprint density at radius 2 is 1.58 bits per heavy atom. The molecule has 1 saturated heterocycles. The van der Waals surface area contributed by atoms with E-state index in [1.54, 1.807) is 34.6 Å². The molecule has 43 heavy (non-hydrogen) atoms. The number of amides is 1. The van der Waals surface area contributed by atoms with E-state index in [1.165, 1.54) is 36.4 Å². The highest BCUT2D eigenvalue weighted by Crippen LogP contribution is 2.53. The van der Waals surface area contributed by atoms with E-state index < -0.39 is 34.3 Å². The summed E-state index contributed by atoms with van der Waals surface area (Å²) in [6.07, 6.45) is 2.53. The van der Waals surface area contributed by atoms with E-state index in [-0.39, 0.29) is 55.5 Å². The number of nitrogens with zero attached hydrogens (tertiary/aromatic N) is 1. The first-order valence-corrected chi connectivity index (χ1v) is 15.6. The van der Waals surface area contributed by atoms with Gasteiger partial charge in [-0.05, 0) is 54.4 Å². The van der Waals surface area contributed by atoms with Crippen LogP contribution in [-0.2, 0) is 19.6 Å². The number of anilines is 1. The molecule has 0 aromatic heterocycles. The third-order valence-electron chi connectivity index (χ3n) is 8.60. The van der Waals surface area contributed by atoms with E-state index in [1.807, 2.05) is 0 Å². The topological polar surface area (TPSA) is 127 Å². The van der Waals surface area contributed by atoms with E-state index in [9.17, 15) is 27.6 Å². The Morgan fingerprint density at radius 3 is 2.33 bits per heavy atom. The zero-order valence-electron chi connectivity index (χ0n) is 24.2. The predicted molar refractivity (Wildman–Crippen MR) is 159 cm³/mol. The highest BCUT2D eigenvalue weighted by atomic mass is 32.2. The third kappa shape index (κ3) is 5.19. The van der Waals surface area contributed by atoms with Crippen molar-refractivity contribution in [3.05, 3.63) is 94.5 Å². The Labute approximate surface area is 250 Å². The zero-order chi connectivity index (χ0) is 30.7. The summed E-state index contributed by atoms with van der Waals surface area (Å²) in [4.78, 5) is 51.8. The molecule has 0 radical (unpaired) electrons. The van der Waals surface area contributed by atoms with Crippen LogP contribution in [0.25, 0.3) is 0 Å². The van der Waals surface area contributed by atoms with Gasteiger partial charge < -0.3 is 10.1 Å². The average Bonchev–Trinajstić information content (AvgIpc) is 3.23. The number of nitrogens with one attached hydrogen (secondary N) is 1. The molecule has 0 unspecified atom stereocenters. The minimum absolute atomic E-state index is 0.000248. The van der Waals surface area contributed by atoms with E-state index >= 15 is 0 Å². The molecule has 1 N–H and O–H groups in total. The number of esters is 1. The van der Waals surface area contributed by atoms with Crippen LogP contribution in [0.15, 0.2) is 71.6 Å². The van der Waals surface area contributed by atoms with Gasteiger partial charge in [-0.15, -0.1) is 0 Å². The van der Waals surface area contributed by atoms with E-state index in [4.69, 9.17) is 4.74 Å². The standard InChI is InChI=1S/C33H32N2O7S/c1-32(2)15-21-16-33(3,18-32)19-35(21)43(40,41)22-9-6-8-20(14-22)31(39)42-17-27(36)34-26-13-7-12-25-28(26)30(38)24-11-5-4-10-23(24)29(25)37/h4-14,21H,15-19H2,1-3H3,(H,34,36)/t21-,33+/m0/s1. The van der Waals surface area contributed by atoms with Gasteiger partial charge in [0.15, 0.2) is 18.2 Å². The van der Waals surface area contributed by atoms with Gasteiger partial charge >= 0.3 is 5.97 Å². The molecular weight excluding hydrogens is 568 g/mol. The number of rotatable bonds is 6. The lowest BCUT2D eigenvalue weighted by Crippen LogP contribution is -2.37. The maximum Gasteiger partial charge on any atom is 0.338 e. The second-order valence-electron chi connectivity index (χ2n) is 12.8. The molecule has 0 spiro atoms. The summed E-state index contributed by atoms with van der Waals surface area (Å²) in [7, 11) is -3.86. The molecule has 3 aliphatic rings. The highest BCUT2D eigenvalue weighted by Gasteiger charge is 2.53. The van der Waals surface area contributed by atoms with Crippen LogP contribution in [0.1, 0.15) is 82.2 Å². The lowest BCUT2D eigenvalue weighted by molar-refractivity contribution is -0.119. The molecule has 6 rings (SSSR count). The maximum atomic E-state index is 13.7. The summed E-state index contributed by atoms with van der Waals surface area (Å²) in [5.74, 6) is -2.30. The normalized spacial score (nSPS) is 22.4. The van der Waals surface area contributed by atoms with Crippen LogP contribution in [0.4, 0.5) is 5.69 Å². The molecular formula is C33H32N2O7S. The maximum absolute atomic E-state index is 13.7. The molecule has 2 atom stereocenters. The van der Waals surface area contributed by atoms with Crippen LogP contribution in [-0.4, -0.2) is 55.4 Å². The first kappa shape index (κ1) is 28.9. The van der Waals surface area contributed by atoms with Crippen LogP contribution < -0.4 is 5.32 Å². The van der Waals surface area contributed by atoms with Crippen molar-refractivity contribution in [3.63, 3.8) is 0 Å². The molecule has 3 aromatic carbocycles. The first-order chi connectivity index (χ1) is 20.3. The number of ketones is 2. The van der Waals surface area contributed by atoms with Gasteiger partial charge in [-0.25, -0.2) is 13.2 Å². The van der Waals surface area contributed by atoms with Crippen LogP contribution >= 0.6 is 0 Å². The molecule has 1 aliphatic heterocycles. The van der Waals surface area contributed by atoms with E-state index in [0.29, 0.717) is 12.1 Å². The number of carbonyl (C=O) groups excluding carboxylic acids is 4. The van der Waals surface area contributed by atoms with Crippen molar-refractivity contribution in [1.82, 2.24) is 4.31 Å². The summed E-state index contributed by atoms with van der Waals surface area (Å²) < 4.78 is 34.1. The molecule has 1 amide bonds. The fourth-order valence-corrected chi connectivity index (χ4v) is 9.08. The van der Waals surface area contributed by atoms with Crippen molar-refractivity contribution >= 4 is 39.2 Å². The van der Waals surface area contributed by atoms with Gasteiger partial charge in [0, 0.05) is 29.3 Å². The van der Waals surface area contributed by atoms with Gasteiger partial charge in [0.2, 0.25) is 10.0 Å². The average molecular weight is 601 g/mol. The molecule has 1 saturated carbocycles. The van der Waals surface area contributed by atoms with Crippen molar-refractivity contribution in [3.8, 4) is 0 Å². The van der Waals surface area contributed by atoms with Crippen molar-refractivity contribution < 1.29 is 32.3 Å². The first-order valence-electron chi connectivity index (χ1n) is 14.2. The molecule has 10 heteroatoms. The Bertz CT molecular complexity index is 1810. The Balaban J connectivity index is 1.14. The van der Waals surface area contributed by atoms with Gasteiger partial charge in [-0.2, -0.15) is 4.31 Å². The van der Waals surface area contributed by atoms with Crippen LogP contribution in [0.2, 0.25) is 0 Å². The van der Waals surface area contributed by atoms with E-state index in [2.05, 4.69) is 26.1 Å². The third-order valence-corrected chi connectivity index (χ3v) is 10.5. The summed E-state index contributed by atoms with van der Waals surface area (Å²) in [5, 5.41) is 2.57.